The Morgan fingerprint density at radius 2 is 2.06 bits per heavy atom. The van der Waals surface area contributed by atoms with Crippen LogP contribution in [-0.4, -0.2) is 28.4 Å². The highest BCUT2D eigenvalue weighted by Crippen LogP contribution is 2.17. The Kier molecular flexibility index (Phi) is 4.67. The lowest BCUT2D eigenvalue weighted by Crippen LogP contribution is -2.33. The van der Waals surface area contributed by atoms with Crippen LogP contribution in [0.15, 0.2) is 4.99 Å². The van der Waals surface area contributed by atoms with E-state index in [2.05, 4.69) is 20.3 Å². The highest BCUT2D eigenvalue weighted by Gasteiger charge is 2.15. The van der Waals surface area contributed by atoms with Gasteiger partial charge in [-0.05, 0) is 6.42 Å². The van der Waals surface area contributed by atoms with E-state index in [4.69, 9.17) is 28.8 Å². The number of aliphatic imine (C=N–C) groups is 1. The molecule has 0 aromatic carbocycles. The monoisotopic (exact) mass is 271 g/mol. The van der Waals surface area contributed by atoms with Gasteiger partial charge in [-0.15, -0.1) is 0 Å². The summed E-state index contributed by atoms with van der Waals surface area (Å²) in [7, 11) is 0. The standard InChI is InChI=1S/C9H14ClN7O/c1-2-3-14-9(13)17-8(18)4-6(11)16-7(12)5(10)15-4/h2-3H2,1H3,(H4,11,12,16)(H3,13,14,17,18). The third kappa shape index (κ3) is 3.45. The summed E-state index contributed by atoms with van der Waals surface area (Å²) in [6, 6.07) is 0. The summed E-state index contributed by atoms with van der Waals surface area (Å²) in [6.07, 6.45) is 0.847. The van der Waals surface area contributed by atoms with E-state index >= 15 is 0 Å². The molecule has 0 aliphatic heterocycles. The largest absolute Gasteiger partial charge is 0.382 e. The fourth-order valence-corrected chi connectivity index (χ4v) is 1.18. The van der Waals surface area contributed by atoms with Crippen LogP contribution in [0.2, 0.25) is 5.15 Å². The minimum absolute atomic E-state index is 0.0176. The van der Waals surface area contributed by atoms with Gasteiger partial charge < -0.3 is 22.5 Å². The van der Waals surface area contributed by atoms with Crippen LogP contribution in [0.4, 0.5) is 11.6 Å². The maximum atomic E-state index is 11.7. The van der Waals surface area contributed by atoms with Crippen molar-refractivity contribution >= 4 is 35.1 Å². The van der Waals surface area contributed by atoms with Gasteiger partial charge in [0.2, 0.25) is 0 Å². The Balaban J connectivity index is 2.94. The Hall–Kier alpha value is -2.09. The van der Waals surface area contributed by atoms with Gasteiger partial charge in [-0.3, -0.25) is 4.79 Å². The molecular formula is C9H14ClN7O. The van der Waals surface area contributed by atoms with Crippen LogP contribution >= 0.6 is 11.6 Å². The van der Waals surface area contributed by atoms with Crippen molar-refractivity contribution in [3.05, 3.63) is 10.8 Å². The molecule has 0 saturated heterocycles. The zero-order chi connectivity index (χ0) is 13.7. The van der Waals surface area contributed by atoms with E-state index in [9.17, 15) is 4.79 Å². The first-order valence-electron chi connectivity index (χ1n) is 5.16. The van der Waals surface area contributed by atoms with Gasteiger partial charge in [0, 0.05) is 6.54 Å². The zero-order valence-corrected chi connectivity index (χ0v) is 10.5. The second-order valence-corrected chi connectivity index (χ2v) is 3.72. The molecule has 1 heterocycles. The maximum Gasteiger partial charge on any atom is 0.302 e. The molecule has 0 atom stereocenters. The van der Waals surface area contributed by atoms with Crippen LogP contribution < -0.4 is 22.5 Å². The normalized spacial score (nSPS) is 11.3. The van der Waals surface area contributed by atoms with Gasteiger partial charge in [-0.1, -0.05) is 18.5 Å². The molecule has 1 aromatic heterocycles. The number of nitrogens with one attached hydrogen (secondary N) is 1. The second-order valence-electron chi connectivity index (χ2n) is 3.36. The van der Waals surface area contributed by atoms with Crippen LogP contribution in [0.3, 0.4) is 0 Å². The second kappa shape index (κ2) is 6.01. The zero-order valence-electron chi connectivity index (χ0n) is 9.77. The van der Waals surface area contributed by atoms with Gasteiger partial charge in [0.05, 0.1) is 0 Å². The molecule has 18 heavy (non-hydrogen) atoms. The van der Waals surface area contributed by atoms with Gasteiger partial charge in [-0.2, -0.15) is 4.99 Å². The van der Waals surface area contributed by atoms with E-state index in [1.54, 1.807) is 0 Å². The van der Waals surface area contributed by atoms with E-state index in [-0.39, 0.29) is 28.4 Å². The third-order valence-electron chi connectivity index (χ3n) is 1.89. The number of nitrogens with two attached hydrogens (primary N) is 3. The number of anilines is 2. The van der Waals surface area contributed by atoms with E-state index in [1.165, 1.54) is 0 Å². The van der Waals surface area contributed by atoms with Crippen LogP contribution in [0.25, 0.3) is 0 Å². The number of guanidine groups is 1. The SMILES string of the molecule is CCCN/C(N)=N/C(=O)c1nc(Cl)c(N)nc1N. The molecule has 8 nitrogen and oxygen atoms in total. The van der Waals surface area contributed by atoms with Crippen LogP contribution in [0.1, 0.15) is 23.8 Å². The maximum absolute atomic E-state index is 11.7. The summed E-state index contributed by atoms with van der Waals surface area (Å²) in [5, 5.41) is 2.63. The van der Waals surface area contributed by atoms with Crippen molar-refractivity contribution in [2.24, 2.45) is 10.7 Å². The van der Waals surface area contributed by atoms with Crippen LogP contribution in [0.5, 0.6) is 0 Å². The summed E-state index contributed by atoms with van der Waals surface area (Å²) in [5.74, 6) is -0.945. The number of nitrogen functional groups attached to an aromatic ring is 2. The predicted octanol–water partition coefficient (Wildman–Crippen LogP) is -0.251. The number of rotatable bonds is 3. The molecular weight excluding hydrogens is 258 g/mol. The fourth-order valence-electron chi connectivity index (χ4n) is 1.05. The first-order valence-corrected chi connectivity index (χ1v) is 5.54. The van der Waals surface area contributed by atoms with E-state index in [0.29, 0.717) is 6.54 Å². The van der Waals surface area contributed by atoms with Crippen molar-refractivity contribution in [2.45, 2.75) is 13.3 Å². The summed E-state index contributed by atoms with van der Waals surface area (Å²) in [5.41, 5.74) is 16.2. The smallest absolute Gasteiger partial charge is 0.302 e. The summed E-state index contributed by atoms with van der Waals surface area (Å²) in [4.78, 5) is 22.7. The van der Waals surface area contributed by atoms with Crippen molar-refractivity contribution in [3.8, 4) is 0 Å². The molecule has 0 saturated carbocycles. The number of carbonyl (C=O) groups excluding carboxylic acids is 1. The number of carbonyl (C=O) groups is 1. The average Bonchev–Trinajstić information content (AvgIpc) is 2.31. The summed E-state index contributed by atoms with van der Waals surface area (Å²) < 4.78 is 0. The molecule has 0 aliphatic carbocycles. The van der Waals surface area contributed by atoms with Gasteiger partial charge in [0.25, 0.3) is 0 Å². The fraction of sp³-hybridized carbons (Fsp3) is 0.333. The molecule has 0 fully saturated rings. The van der Waals surface area contributed by atoms with E-state index in [0.717, 1.165) is 6.42 Å². The highest BCUT2D eigenvalue weighted by molar-refractivity contribution is 6.31. The van der Waals surface area contributed by atoms with Gasteiger partial charge in [-0.25, -0.2) is 9.97 Å². The quantitative estimate of drug-likeness (QED) is 0.438. The molecule has 1 rings (SSSR count). The lowest BCUT2D eigenvalue weighted by atomic mass is 10.4. The first-order chi connectivity index (χ1) is 8.45. The van der Waals surface area contributed by atoms with Crippen molar-refractivity contribution in [2.75, 3.05) is 18.0 Å². The van der Waals surface area contributed by atoms with Crippen molar-refractivity contribution < 1.29 is 4.79 Å². The minimum atomic E-state index is -0.733. The lowest BCUT2D eigenvalue weighted by Gasteiger charge is -2.04. The van der Waals surface area contributed by atoms with Gasteiger partial charge >= 0.3 is 5.91 Å². The first kappa shape index (κ1) is 14.0. The highest BCUT2D eigenvalue weighted by atomic mass is 35.5. The Labute approximate surface area is 109 Å². The molecule has 1 aromatic rings. The molecule has 0 bridgehead atoms. The van der Waals surface area contributed by atoms with Crippen molar-refractivity contribution in [1.82, 2.24) is 15.3 Å². The molecule has 0 aliphatic rings. The molecule has 0 radical (unpaired) electrons. The van der Waals surface area contributed by atoms with Crippen LogP contribution in [0, 0.1) is 0 Å². The van der Waals surface area contributed by atoms with Crippen molar-refractivity contribution in [1.29, 1.82) is 0 Å². The Morgan fingerprint density at radius 3 is 2.67 bits per heavy atom. The molecule has 9 heteroatoms. The molecule has 98 valence electrons. The lowest BCUT2D eigenvalue weighted by molar-refractivity contribution is 0.0998. The Bertz CT molecular complexity index is 488. The number of halogens is 1. The van der Waals surface area contributed by atoms with E-state index < -0.39 is 5.91 Å². The van der Waals surface area contributed by atoms with E-state index in [1.807, 2.05) is 6.92 Å². The molecule has 1 amide bonds. The van der Waals surface area contributed by atoms with Crippen molar-refractivity contribution in [3.63, 3.8) is 0 Å². The molecule has 0 spiro atoms. The number of hydrogen-bond acceptors (Lipinski definition) is 5. The number of amides is 1. The molecule has 0 unspecified atom stereocenters. The summed E-state index contributed by atoms with van der Waals surface area (Å²) >= 11 is 5.65. The number of hydrogen-bond donors (Lipinski definition) is 4. The number of aromatic nitrogens is 2. The predicted molar refractivity (Wildman–Crippen MR) is 70.1 cm³/mol. The van der Waals surface area contributed by atoms with Gasteiger partial charge in [0.1, 0.15) is 0 Å². The van der Waals surface area contributed by atoms with Crippen LogP contribution in [-0.2, 0) is 0 Å². The number of nitrogens with zero attached hydrogens (tertiary/aromatic N) is 3. The summed E-state index contributed by atoms with van der Waals surface area (Å²) in [6.45, 7) is 2.55. The third-order valence-corrected chi connectivity index (χ3v) is 2.16. The topological polar surface area (TPSA) is 145 Å². The van der Waals surface area contributed by atoms with Gasteiger partial charge in [0.15, 0.2) is 28.4 Å². The average molecular weight is 272 g/mol. The molecule has 7 N–H and O–H groups in total. The Morgan fingerprint density at radius 1 is 1.39 bits per heavy atom. The minimum Gasteiger partial charge on any atom is -0.382 e.